The molecule has 1 unspecified atom stereocenters. The van der Waals surface area contributed by atoms with Gasteiger partial charge < -0.3 is 14.9 Å². The summed E-state index contributed by atoms with van der Waals surface area (Å²) in [4.78, 5) is 38.7. The number of rotatable bonds is 9. The van der Waals surface area contributed by atoms with Gasteiger partial charge in [-0.3, -0.25) is 4.90 Å². The Morgan fingerprint density at radius 3 is 2.43 bits per heavy atom. The molecule has 0 amide bonds. The number of halogens is 1. The number of aromatic nitrogens is 5. The van der Waals surface area contributed by atoms with Crippen LogP contribution in [0.15, 0.2) is 54.1 Å². The van der Waals surface area contributed by atoms with Crippen molar-refractivity contribution in [2.75, 3.05) is 43.0 Å². The average Bonchev–Trinajstić information content (AvgIpc) is 3.03. The Kier molecular flexibility index (Phi) is 9.51. The number of anilines is 2. The Bertz CT molecular complexity index is 1840. The summed E-state index contributed by atoms with van der Waals surface area (Å²) < 4.78 is 17.9. The molecule has 0 radical (unpaired) electrons. The maximum absolute atomic E-state index is 16.4. The number of aliphatic hydroxyl groups excluding tert-OH is 1. The first-order chi connectivity index (χ1) is 22.0. The summed E-state index contributed by atoms with van der Waals surface area (Å²) in [7, 11) is 1.84. The molecule has 1 N–H and O–H groups in total. The molecule has 3 aromatic heterocycles. The normalized spacial score (nSPS) is 16.2. The largest absolute Gasteiger partial charge is 0.375 e. The lowest BCUT2D eigenvalue weighted by Gasteiger charge is -2.42. The third kappa shape index (κ3) is 5.98. The van der Waals surface area contributed by atoms with E-state index in [1.54, 1.807) is 6.07 Å². The van der Waals surface area contributed by atoms with Crippen LogP contribution in [0.3, 0.4) is 0 Å². The van der Waals surface area contributed by atoms with Crippen molar-refractivity contribution >= 4 is 22.5 Å². The number of nitrogens with zero attached hydrogens (tertiary/aromatic N) is 8. The monoisotopic (exact) mass is 624 g/mol. The van der Waals surface area contributed by atoms with Gasteiger partial charge >= 0.3 is 5.69 Å². The summed E-state index contributed by atoms with van der Waals surface area (Å²) in [5.41, 5.74) is 2.85. The quantitative estimate of drug-likeness (QED) is 0.210. The Morgan fingerprint density at radius 2 is 1.83 bits per heavy atom. The topological polar surface area (TPSA) is 104 Å². The number of terminal acetylenes is 1. The van der Waals surface area contributed by atoms with Gasteiger partial charge in [-0.2, -0.15) is 4.98 Å². The van der Waals surface area contributed by atoms with Gasteiger partial charge in [-0.1, -0.05) is 58.4 Å². The lowest BCUT2D eigenvalue weighted by Crippen LogP contribution is -2.55. The second kappa shape index (κ2) is 13.4. The molecule has 5 rings (SSSR count). The average molecular weight is 625 g/mol. The molecule has 0 saturated carbocycles. The number of fused-ring (bicyclic) bond motifs is 1. The molecule has 240 valence electrons. The van der Waals surface area contributed by atoms with Crippen LogP contribution in [0.4, 0.5) is 15.9 Å². The number of pyridine rings is 1. The highest BCUT2D eigenvalue weighted by Gasteiger charge is 2.31. The molecule has 4 heterocycles. The van der Waals surface area contributed by atoms with Gasteiger partial charge in [-0.15, -0.1) is 6.42 Å². The van der Waals surface area contributed by atoms with Gasteiger partial charge in [-0.25, -0.2) is 28.7 Å². The van der Waals surface area contributed by atoms with Crippen molar-refractivity contribution < 1.29 is 9.50 Å². The van der Waals surface area contributed by atoms with Crippen molar-refractivity contribution in [3.63, 3.8) is 0 Å². The van der Waals surface area contributed by atoms with Crippen LogP contribution < -0.4 is 15.5 Å². The molecule has 1 saturated heterocycles. The van der Waals surface area contributed by atoms with Crippen molar-refractivity contribution in [1.29, 1.82) is 0 Å². The highest BCUT2D eigenvalue weighted by atomic mass is 19.1. The predicted octanol–water partition coefficient (Wildman–Crippen LogP) is 4.71. The van der Waals surface area contributed by atoms with Crippen molar-refractivity contribution in [3.8, 4) is 29.3 Å². The minimum atomic E-state index is -0.793. The van der Waals surface area contributed by atoms with Gasteiger partial charge in [0.15, 0.2) is 5.65 Å². The molecule has 1 aliphatic heterocycles. The van der Waals surface area contributed by atoms with Crippen molar-refractivity contribution in [2.45, 2.75) is 58.7 Å². The molecule has 1 aliphatic rings. The van der Waals surface area contributed by atoms with Crippen LogP contribution in [0.2, 0.25) is 0 Å². The zero-order chi connectivity index (χ0) is 33.3. The zero-order valence-corrected chi connectivity index (χ0v) is 27.3. The van der Waals surface area contributed by atoms with Crippen LogP contribution in [0.5, 0.6) is 0 Å². The minimum Gasteiger partial charge on any atom is -0.375 e. The molecular formula is C35H41FN8O2. The van der Waals surface area contributed by atoms with Gasteiger partial charge in [0.25, 0.3) is 0 Å². The van der Waals surface area contributed by atoms with Gasteiger partial charge in [0.05, 0.1) is 29.0 Å². The maximum atomic E-state index is 16.4. The third-order valence-electron chi connectivity index (χ3n) is 8.41. The van der Waals surface area contributed by atoms with E-state index in [9.17, 15) is 9.90 Å². The fourth-order valence-corrected chi connectivity index (χ4v) is 6.11. The minimum absolute atomic E-state index is 0.0560. The van der Waals surface area contributed by atoms with Gasteiger partial charge in [0.1, 0.15) is 29.9 Å². The number of hydrogen-bond acceptors (Lipinski definition) is 9. The zero-order valence-electron chi connectivity index (χ0n) is 27.3. The van der Waals surface area contributed by atoms with E-state index >= 15 is 4.39 Å². The number of hydrogen-bond donors (Lipinski definition) is 1. The summed E-state index contributed by atoms with van der Waals surface area (Å²) >= 11 is 0. The molecule has 1 fully saturated rings. The lowest BCUT2D eigenvalue weighted by molar-refractivity contribution is 0.0296. The van der Waals surface area contributed by atoms with E-state index in [1.807, 2.05) is 74.6 Å². The molecule has 2 atom stereocenters. The second-order valence-electron chi connectivity index (χ2n) is 12.3. The van der Waals surface area contributed by atoms with E-state index in [2.05, 4.69) is 27.5 Å². The van der Waals surface area contributed by atoms with E-state index in [1.165, 1.54) is 23.0 Å². The van der Waals surface area contributed by atoms with Gasteiger partial charge in [-0.05, 0) is 37.0 Å². The van der Waals surface area contributed by atoms with Crippen molar-refractivity contribution in [1.82, 2.24) is 29.4 Å². The number of aliphatic hydroxyl groups is 1. The fraction of sp³-hybridized carbons (Fsp3) is 0.400. The van der Waals surface area contributed by atoms with Crippen LogP contribution in [-0.4, -0.2) is 80.0 Å². The SMILES string of the molecule is C#CCN(C)c1ccccc1-c1nc2c(cc1F)c(N1CCN(C(O)C=C)C[C@@H]1C)nc(=O)n2-c1c(C(C)C)ncnc1C(C)C. The van der Waals surface area contributed by atoms with E-state index in [0.717, 1.165) is 0 Å². The van der Waals surface area contributed by atoms with Gasteiger partial charge in [0, 0.05) is 44.0 Å². The Labute approximate surface area is 269 Å². The smallest absolute Gasteiger partial charge is 0.355 e. The molecule has 0 bridgehead atoms. The van der Waals surface area contributed by atoms with E-state index in [0.29, 0.717) is 65.7 Å². The van der Waals surface area contributed by atoms with E-state index in [4.69, 9.17) is 11.4 Å². The van der Waals surface area contributed by atoms with Crippen molar-refractivity contribution in [2.24, 2.45) is 0 Å². The Balaban J connectivity index is 1.85. The molecule has 46 heavy (non-hydrogen) atoms. The predicted molar refractivity (Wildman–Crippen MR) is 181 cm³/mol. The summed E-state index contributed by atoms with van der Waals surface area (Å²) in [6.45, 7) is 15.4. The number of piperazine rings is 1. The van der Waals surface area contributed by atoms with Crippen molar-refractivity contribution in [3.05, 3.63) is 77.0 Å². The van der Waals surface area contributed by atoms with E-state index in [-0.39, 0.29) is 29.2 Å². The molecule has 0 aliphatic carbocycles. The fourth-order valence-electron chi connectivity index (χ4n) is 6.11. The highest BCUT2D eigenvalue weighted by molar-refractivity contribution is 5.91. The summed E-state index contributed by atoms with van der Waals surface area (Å²) in [6, 6.07) is 8.59. The number of benzene rings is 1. The molecule has 0 spiro atoms. The Hall–Kier alpha value is -4.66. The second-order valence-corrected chi connectivity index (χ2v) is 12.3. The molecule has 10 nitrogen and oxygen atoms in total. The Morgan fingerprint density at radius 1 is 1.15 bits per heavy atom. The highest BCUT2D eigenvalue weighted by Crippen LogP contribution is 2.36. The first kappa shape index (κ1) is 32.7. The van der Waals surface area contributed by atoms with Crippen LogP contribution in [0, 0.1) is 18.2 Å². The molecule has 1 aromatic carbocycles. The first-order valence-electron chi connectivity index (χ1n) is 15.5. The van der Waals surface area contributed by atoms with Crippen LogP contribution in [0.25, 0.3) is 28.0 Å². The van der Waals surface area contributed by atoms with Crippen LogP contribution >= 0.6 is 0 Å². The van der Waals surface area contributed by atoms with Crippen LogP contribution in [-0.2, 0) is 0 Å². The van der Waals surface area contributed by atoms with Crippen LogP contribution in [0.1, 0.15) is 57.8 Å². The summed E-state index contributed by atoms with van der Waals surface area (Å²) in [6.07, 6.45) is 7.81. The lowest BCUT2D eigenvalue weighted by atomic mass is 10.0. The van der Waals surface area contributed by atoms with E-state index < -0.39 is 17.7 Å². The summed E-state index contributed by atoms with van der Waals surface area (Å²) in [5, 5.41) is 10.8. The molecule has 4 aromatic rings. The molecule has 11 heteroatoms. The van der Waals surface area contributed by atoms with Gasteiger partial charge in [0.2, 0.25) is 0 Å². The summed E-state index contributed by atoms with van der Waals surface area (Å²) in [5.74, 6) is 2.30. The standard InChI is InChI=1S/C35H41FN8O2/c1-9-15-41(8)27-14-12-11-13-24(27)31-26(36)18-25-33(43-17-16-42(19-23(43)7)28(45)10-2)40-35(46)44(34(25)39-31)32-29(21(3)4)37-20-38-30(32)22(5)6/h1,10-14,18,20-23,28,45H,2,15-17,19H2,3-8H3/t23-,28?/m0/s1. The first-order valence-corrected chi connectivity index (χ1v) is 15.5. The third-order valence-corrected chi connectivity index (χ3v) is 8.41. The number of para-hydroxylation sites is 1. The molecular weight excluding hydrogens is 583 g/mol. The maximum Gasteiger partial charge on any atom is 0.355 e.